The van der Waals surface area contributed by atoms with Gasteiger partial charge in [-0.2, -0.15) is 0 Å². The Morgan fingerprint density at radius 3 is 2.46 bits per heavy atom. The van der Waals surface area contributed by atoms with Crippen molar-refractivity contribution in [3.05, 3.63) is 23.8 Å². The van der Waals surface area contributed by atoms with E-state index >= 15 is 0 Å². The number of ether oxygens (including phenoxy) is 3. The molecule has 0 aliphatic heterocycles. The van der Waals surface area contributed by atoms with E-state index < -0.39 is 0 Å². The highest BCUT2D eigenvalue weighted by molar-refractivity contribution is 5.73. The summed E-state index contributed by atoms with van der Waals surface area (Å²) in [5.74, 6) is 0.753. The van der Waals surface area contributed by atoms with Crippen molar-refractivity contribution in [3.8, 4) is 11.5 Å². The minimum absolute atomic E-state index is 0.0734. The molecule has 0 fully saturated rings. The van der Waals surface area contributed by atoms with Crippen molar-refractivity contribution >= 4 is 12.4 Å². The highest BCUT2D eigenvalue weighted by Crippen LogP contribution is 2.26. The topological polar surface area (TPSA) is 65.1 Å². The molecule has 24 heavy (non-hydrogen) atoms. The molecule has 0 spiro atoms. The van der Waals surface area contributed by atoms with Crippen molar-refractivity contribution in [1.82, 2.24) is 4.90 Å². The maximum atomic E-state index is 12.1. The van der Waals surface area contributed by atoms with E-state index in [0.29, 0.717) is 31.2 Å². The number of methoxy groups -OCH3 is 2. The Kier molecular flexibility index (Phi) is 8.09. The van der Waals surface area contributed by atoms with Gasteiger partial charge in [0.1, 0.15) is 11.5 Å². The van der Waals surface area contributed by atoms with Crippen molar-refractivity contribution in [1.29, 1.82) is 0 Å². The molecule has 1 atom stereocenters. The molecule has 0 bridgehead atoms. The predicted octanol–water partition coefficient (Wildman–Crippen LogP) is 2.50. The van der Waals surface area contributed by atoms with Crippen LogP contribution in [0.3, 0.4) is 0 Å². The molecule has 0 aliphatic carbocycles. The molecule has 1 unspecified atom stereocenters. The number of esters is 1. The number of hydrogen-bond acceptors (Lipinski definition) is 5. The number of carbonyl (C=O) groups is 2. The normalized spacial score (nSPS) is 11.8. The van der Waals surface area contributed by atoms with E-state index in [-0.39, 0.29) is 17.8 Å². The third-order valence-electron chi connectivity index (χ3n) is 3.84. The Bertz CT molecular complexity index is 544. The van der Waals surface area contributed by atoms with Gasteiger partial charge in [0.2, 0.25) is 6.41 Å². The fourth-order valence-electron chi connectivity index (χ4n) is 2.41. The van der Waals surface area contributed by atoms with Gasteiger partial charge in [-0.25, -0.2) is 0 Å². The minimum atomic E-state index is -0.362. The number of carbonyl (C=O) groups excluding carboxylic acids is 2. The predicted molar refractivity (Wildman–Crippen MR) is 91.0 cm³/mol. The largest absolute Gasteiger partial charge is 0.497 e. The summed E-state index contributed by atoms with van der Waals surface area (Å²) in [7, 11) is 3.15. The van der Waals surface area contributed by atoms with Crippen LogP contribution in [-0.2, 0) is 20.9 Å². The molecule has 0 N–H and O–H groups in total. The third kappa shape index (κ3) is 5.44. The van der Waals surface area contributed by atoms with Crippen LogP contribution in [-0.4, -0.2) is 44.7 Å². The fourth-order valence-corrected chi connectivity index (χ4v) is 2.41. The van der Waals surface area contributed by atoms with Gasteiger partial charge in [0.25, 0.3) is 0 Å². The average molecular weight is 337 g/mol. The van der Waals surface area contributed by atoms with Gasteiger partial charge in [-0.1, -0.05) is 13.8 Å². The number of amides is 1. The number of rotatable bonds is 10. The highest BCUT2D eigenvalue weighted by Gasteiger charge is 2.26. The van der Waals surface area contributed by atoms with Crippen LogP contribution in [0.1, 0.15) is 26.3 Å². The monoisotopic (exact) mass is 337 g/mol. The van der Waals surface area contributed by atoms with Crippen molar-refractivity contribution in [3.63, 3.8) is 0 Å². The van der Waals surface area contributed by atoms with Crippen LogP contribution >= 0.6 is 0 Å². The van der Waals surface area contributed by atoms with Gasteiger partial charge < -0.3 is 19.1 Å². The summed E-state index contributed by atoms with van der Waals surface area (Å²) < 4.78 is 15.6. The van der Waals surface area contributed by atoms with Crippen LogP contribution in [0.2, 0.25) is 0 Å². The lowest BCUT2D eigenvalue weighted by Gasteiger charge is -2.26. The SMILES string of the molecule is CCOC(=O)C(CN(C=O)Cc1ccc(OC)cc1OC)C(C)C. The Morgan fingerprint density at radius 2 is 1.96 bits per heavy atom. The Balaban J connectivity index is 2.90. The van der Waals surface area contributed by atoms with Crippen molar-refractivity contribution in [2.45, 2.75) is 27.3 Å². The summed E-state index contributed by atoms with van der Waals surface area (Å²) >= 11 is 0. The molecule has 6 nitrogen and oxygen atoms in total. The molecule has 134 valence electrons. The molecule has 0 aromatic heterocycles. The van der Waals surface area contributed by atoms with Crippen LogP contribution in [0, 0.1) is 11.8 Å². The Labute approximate surface area is 143 Å². The zero-order valence-corrected chi connectivity index (χ0v) is 15.1. The Morgan fingerprint density at radius 1 is 1.25 bits per heavy atom. The summed E-state index contributed by atoms with van der Waals surface area (Å²) in [6.07, 6.45) is 0.748. The second-order valence-corrected chi connectivity index (χ2v) is 5.82. The molecule has 1 rings (SSSR count). The maximum absolute atomic E-state index is 12.1. The first-order valence-electron chi connectivity index (χ1n) is 8.03. The summed E-state index contributed by atoms with van der Waals surface area (Å²) in [6.45, 7) is 6.63. The second kappa shape index (κ2) is 9.80. The number of benzene rings is 1. The fraction of sp³-hybridized carbons (Fsp3) is 0.556. The molecular formula is C18H27NO5. The molecule has 1 aromatic carbocycles. The van der Waals surface area contributed by atoms with E-state index in [1.165, 1.54) is 0 Å². The smallest absolute Gasteiger partial charge is 0.310 e. The molecule has 1 aromatic rings. The molecule has 6 heteroatoms. The van der Waals surface area contributed by atoms with Crippen LogP contribution in [0.25, 0.3) is 0 Å². The summed E-state index contributed by atoms with van der Waals surface area (Å²) in [6, 6.07) is 5.43. The van der Waals surface area contributed by atoms with Crippen LogP contribution in [0.4, 0.5) is 0 Å². The van der Waals surface area contributed by atoms with Gasteiger partial charge in [0.05, 0.1) is 26.7 Å². The summed E-state index contributed by atoms with van der Waals surface area (Å²) in [5.41, 5.74) is 0.844. The maximum Gasteiger partial charge on any atom is 0.310 e. The summed E-state index contributed by atoms with van der Waals surface area (Å²) in [5, 5.41) is 0. The second-order valence-electron chi connectivity index (χ2n) is 5.82. The lowest BCUT2D eigenvalue weighted by atomic mass is 9.95. The van der Waals surface area contributed by atoms with Gasteiger partial charge in [-0.15, -0.1) is 0 Å². The molecule has 0 saturated heterocycles. The molecule has 0 radical (unpaired) electrons. The average Bonchev–Trinajstić information content (AvgIpc) is 2.58. The van der Waals surface area contributed by atoms with E-state index in [0.717, 1.165) is 12.0 Å². The zero-order valence-electron chi connectivity index (χ0n) is 15.1. The summed E-state index contributed by atoms with van der Waals surface area (Å²) in [4.78, 5) is 25.1. The van der Waals surface area contributed by atoms with Gasteiger partial charge in [0, 0.05) is 24.7 Å². The molecule has 0 saturated carbocycles. The molecular weight excluding hydrogens is 310 g/mol. The zero-order chi connectivity index (χ0) is 18.1. The standard InChI is InChI=1S/C18H27NO5/c1-6-24-18(21)16(13(2)3)11-19(12-20)10-14-7-8-15(22-4)9-17(14)23-5/h7-9,12-13,16H,6,10-11H2,1-5H3. The first-order valence-corrected chi connectivity index (χ1v) is 8.03. The van der Waals surface area contributed by atoms with Gasteiger partial charge in [0.15, 0.2) is 0 Å². The molecule has 1 amide bonds. The van der Waals surface area contributed by atoms with Crippen molar-refractivity contribution in [2.75, 3.05) is 27.4 Å². The van der Waals surface area contributed by atoms with E-state index in [4.69, 9.17) is 14.2 Å². The first kappa shape index (κ1) is 19.8. The van der Waals surface area contributed by atoms with E-state index in [2.05, 4.69) is 0 Å². The van der Waals surface area contributed by atoms with Crippen LogP contribution < -0.4 is 9.47 Å². The minimum Gasteiger partial charge on any atom is -0.497 e. The van der Waals surface area contributed by atoms with Crippen molar-refractivity contribution in [2.24, 2.45) is 11.8 Å². The Hall–Kier alpha value is -2.24. The van der Waals surface area contributed by atoms with Crippen molar-refractivity contribution < 1.29 is 23.8 Å². The number of nitrogens with zero attached hydrogens (tertiary/aromatic N) is 1. The highest BCUT2D eigenvalue weighted by atomic mass is 16.5. The van der Waals surface area contributed by atoms with E-state index in [1.807, 2.05) is 26.0 Å². The van der Waals surface area contributed by atoms with Gasteiger partial charge in [-0.05, 0) is 25.0 Å². The number of hydrogen-bond donors (Lipinski definition) is 0. The van der Waals surface area contributed by atoms with E-state index in [1.54, 1.807) is 32.1 Å². The lowest BCUT2D eigenvalue weighted by Crippen LogP contribution is -2.36. The quantitative estimate of drug-likeness (QED) is 0.485. The molecule has 0 heterocycles. The van der Waals surface area contributed by atoms with Crippen LogP contribution in [0.15, 0.2) is 18.2 Å². The van der Waals surface area contributed by atoms with Crippen LogP contribution in [0.5, 0.6) is 11.5 Å². The van der Waals surface area contributed by atoms with E-state index in [9.17, 15) is 9.59 Å². The molecule has 0 aliphatic rings. The van der Waals surface area contributed by atoms with Gasteiger partial charge in [-0.3, -0.25) is 9.59 Å². The third-order valence-corrected chi connectivity index (χ3v) is 3.84. The first-order chi connectivity index (χ1) is 11.5. The lowest BCUT2D eigenvalue weighted by molar-refractivity contribution is -0.150. The van der Waals surface area contributed by atoms with Gasteiger partial charge >= 0.3 is 5.97 Å².